The molecule has 3 aromatic heterocycles. The summed E-state index contributed by atoms with van der Waals surface area (Å²) in [4.78, 5) is 31.8. The van der Waals surface area contributed by atoms with Crippen LogP contribution < -0.4 is 20.9 Å². The molecule has 39 heavy (non-hydrogen) atoms. The number of aliphatic carboxylic acids is 1. The smallest absolute Gasteiger partial charge is 0.303 e. The number of hydrogen-bond acceptors (Lipinski definition) is 9. The van der Waals surface area contributed by atoms with E-state index in [1.807, 2.05) is 54.7 Å². The maximum Gasteiger partial charge on any atom is 0.303 e. The molecule has 1 fully saturated rings. The molecule has 4 N–H and O–H groups in total. The van der Waals surface area contributed by atoms with Crippen molar-refractivity contribution in [3.05, 3.63) is 84.9 Å². The van der Waals surface area contributed by atoms with E-state index in [-0.39, 0.29) is 12.3 Å². The highest BCUT2D eigenvalue weighted by molar-refractivity contribution is 5.78. The molecule has 0 bridgehead atoms. The third-order valence-corrected chi connectivity index (χ3v) is 6.59. The van der Waals surface area contributed by atoms with Gasteiger partial charge >= 0.3 is 5.97 Å². The van der Waals surface area contributed by atoms with Gasteiger partial charge in [-0.25, -0.2) is 15.0 Å². The summed E-state index contributed by atoms with van der Waals surface area (Å²) in [7, 11) is 0. The van der Waals surface area contributed by atoms with Gasteiger partial charge in [0.2, 0.25) is 0 Å². The van der Waals surface area contributed by atoms with Crippen LogP contribution in [0, 0.1) is 5.92 Å². The molecular formula is C29H32N8O2. The van der Waals surface area contributed by atoms with Crippen LogP contribution in [0.5, 0.6) is 0 Å². The lowest BCUT2D eigenvalue weighted by Gasteiger charge is -2.28. The third kappa shape index (κ3) is 7.26. The number of aromatic nitrogens is 4. The fraction of sp³-hybridized carbons (Fsp3) is 0.276. The van der Waals surface area contributed by atoms with Gasteiger partial charge in [-0.2, -0.15) is 0 Å². The number of nitrogens with one attached hydrogen (secondary N) is 3. The number of nitrogens with zero attached hydrogens (tertiary/aromatic N) is 5. The number of carboxylic acid groups (broad SMARTS) is 1. The van der Waals surface area contributed by atoms with Gasteiger partial charge < -0.3 is 26.0 Å². The summed E-state index contributed by atoms with van der Waals surface area (Å²) in [6.07, 6.45) is 7.43. The van der Waals surface area contributed by atoms with Crippen LogP contribution in [0.15, 0.2) is 79.4 Å². The Morgan fingerprint density at radius 3 is 2.62 bits per heavy atom. The van der Waals surface area contributed by atoms with Crippen molar-refractivity contribution < 1.29 is 9.90 Å². The molecule has 0 saturated carbocycles. The Morgan fingerprint density at radius 2 is 1.85 bits per heavy atom. The minimum absolute atomic E-state index is 0.0688. The summed E-state index contributed by atoms with van der Waals surface area (Å²) in [5, 5.41) is 19.6. The standard InChI is InChI=1S/C29H32N8O2/c38-28(39)17-22(16-21-4-2-1-3-5-21)19-34-24-6-7-25(35-26-20-31-10-11-32-26)36-29(24)23-8-9-33-27(18-23)37-14-12-30-13-15-37/h1-11,18,20,22,30,34H,12-17,19H2,(H,38,39)(H,32,35,36). The van der Waals surface area contributed by atoms with Crippen molar-refractivity contribution >= 4 is 29.1 Å². The first-order valence-electron chi connectivity index (χ1n) is 13.1. The predicted octanol–water partition coefficient (Wildman–Crippen LogP) is 3.83. The Hall–Kier alpha value is -4.57. The van der Waals surface area contributed by atoms with E-state index in [1.165, 1.54) is 0 Å². The van der Waals surface area contributed by atoms with Crippen LogP contribution in [0.4, 0.5) is 23.1 Å². The SMILES string of the molecule is O=C(O)CC(CNc1ccc(Nc2cnccn2)nc1-c1ccnc(N2CCNCC2)c1)Cc1ccccc1. The van der Waals surface area contributed by atoms with Crippen LogP contribution in [0.1, 0.15) is 12.0 Å². The Balaban J connectivity index is 1.43. The lowest BCUT2D eigenvalue weighted by Crippen LogP contribution is -2.43. The number of carbonyl (C=O) groups is 1. The van der Waals surface area contributed by atoms with Crippen molar-refractivity contribution in [1.82, 2.24) is 25.3 Å². The van der Waals surface area contributed by atoms with Crippen LogP contribution >= 0.6 is 0 Å². The minimum atomic E-state index is -0.811. The van der Waals surface area contributed by atoms with Crippen LogP contribution in [-0.4, -0.2) is 63.7 Å². The van der Waals surface area contributed by atoms with Crippen molar-refractivity contribution in [2.75, 3.05) is 48.3 Å². The average Bonchev–Trinajstić information content (AvgIpc) is 2.98. The minimum Gasteiger partial charge on any atom is -0.481 e. The van der Waals surface area contributed by atoms with Gasteiger partial charge in [-0.1, -0.05) is 30.3 Å². The van der Waals surface area contributed by atoms with Gasteiger partial charge in [0.1, 0.15) is 17.5 Å². The van der Waals surface area contributed by atoms with Gasteiger partial charge in [0.15, 0.2) is 0 Å². The van der Waals surface area contributed by atoms with Gasteiger partial charge in [0.05, 0.1) is 24.0 Å². The zero-order chi connectivity index (χ0) is 26.9. The van der Waals surface area contributed by atoms with Crippen LogP contribution in [-0.2, 0) is 11.2 Å². The molecule has 200 valence electrons. The predicted molar refractivity (Wildman–Crippen MR) is 152 cm³/mol. The van der Waals surface area contributed by atoms with E-state index in [1.54, 1.807) is 18.6 Å². The van der Waals surface area contributed by atoms with E-state index in [4.69, 9.17) is 4.98 Å². The summed E-state index contributed by atoms with van der Waals surface area (Å²) in [5.41, 5.74) is 3.60. The lowest BCUT2D eigenvalue weighted by atomic mass is 9.96. The van der Waals surface area contributed by atoms with Crippen molar-refractivity contribution in [3.63, 3.8) is 0 Å². The summed E-state index contributed by atoms with van der Waals surface area (Å²) >= 11 is 0. The second-order valence-electron chi connectivity index (χ2n) is 9.48. The van der Waals surface area contributed by atoms with Gasteiger partial charge in [-0.05, 0) is 42.2 Å². The van der Waals surface area contributed by atoms with Gasteiger partial charge in [-0.3, -0.25) is 9.78 Å². The van der Waals surface area contributed by atoms with Gasteiger partial charge in [0, 0.05) is 56.9 Å². The Kier molecular flexibility index (Phi) is 8.54. The quantitative estimate of drug-likeness (QED) is 0.230. The summed E-state index contributed by atoms with van der Waals surface area (Å²) < 4.78 is 0. The first-order valence-corrected chi connectivity index (χ1v) is 13.1. The average molecular weight is 525 g/mol. The van der Waals surface area contributed by atoms with E-state index in [0.29, 0.717) is 24.6 Å². The number of piperazine rings is 1. The number of anilines is 4. The fourth-order valence-corrected chi connectivity index (χ4v) is 4.68. The molecule has 0 spiro atoms. The lowest BCUT2D eigenvalue weighted by molar-refractivity contribution is -0.138. The normalized spacial score (nSPS) is 14.0. The zero-order valence-corrected chi connectivity index (χ0v) is 21.6. The molecule has 1 atom stereocenters. The molecule has 1 unspecified atom stereocenters. The molecule has 10 heteroatoms. The number of rotatable bonds is 11. The monoisotopic (exact) mass is 524 g/mol. The first kappa shape index (κ1) is 26.1. The largest absolute Gasteiger partial charge is 0.481 e. The highest BCUT2D eigenvalue weighted by Crippen LogP contribution is 2.31. The number of benzene rings is 1. The van der Waals surface area contributed by atoms with E-state index in [9.17, 15) is 9.90 Å². The topological polar surface area (TPSA) is 128 Å². The fourth-order valence-electron chi connectivity index (χ4n) is 4.68. The number of carboxylic acids is 1. The maximum absolute atomic E-state index is 11.6. The zero-order valence-electron chi connectivity index (χ0n) is 21.6. The summed E-state index contributed by atoms with van der Waals surface area (Å²) in [6.45, 7) is 4.10. The molecule has 1 aliphatic heterocycles. The van der Waals surface area contributed by atoms with Crippen molar-refractivity contribution in [1.29, 1.82) is 0 Å². The Labute approximate surface area is 227 Å². The second kappa shape index (κ2) is 12.8. The molecule has 0 aliphatic carbocycles. The maximum atomic E-state index is 11.6. The van der Waals surface area contributed by atoms with Gasteiger partial charge in [-0.15, -0.1) is 0 Å². The van der Waals surface area contributed by atoms with Crippen molar-refractivity contribution in [3.8, 4) is 11.3 Å². The van der Waals surface area contributed by atoms with E-state index in [0.717, 1.165) is 54.5 Å². The molecule has 4 aromatic rings. The highest BCUT2D eigenvalue weighted by atomic mass is 16.4. The van der Waals surface area contributed by atoms with E-state index >= 15 is 0 Å². The summed E-state index contributed by atoms with van der Waals surface area (Å²) in [6, 6.07) is 17.8. The molecule has 10 nitrogen and oxygen atoms in total. The molecule has 4 heterocycles. The number of hydrogen-bond donors (Lipinski definition) is 4. The van der Waals surface area contributed by atoms with Crippen LogP contribution in [0.3, 0.4) is 0 Å². The second-order valence-corrected chi connectivity index (χ2v) is 9.48. The first-order chi connectivity index (χ1) is 19.1. The summed E-state index contributed by atoms with van der Waals surface area (Å²) in [5.74, 6) is 1.22. The van der Waals surface area contributed by atoms with Crippen molar-refractivity contribution in [2.24, 2.45) is 5.92 Å². The molecular weight excluding hydrogens is 492 g/mol. The van der Waals surface area contributed by atoms with E-state index < -0.39 is 5.97 Å². The van der Waals surface area contributed by atoms with Gasteiger partial charge in [0.25, 0.3) is 0 Å². The van der Waals surface area contributed by atoms with Crippen molar-refractivity contribution in [2.45, 2.75) is 12.8 Å². The highest BCUT2D eigenvalue weighted by Gasteiger charge is 2.18. The molecule has 1 aromatic carbocycles. The Morgan fingerprint density at radius 1 is 1.00 bits per heavy atom. The molecule has 1 saturated heterocycles. The number of pyridine rings is 2. The molecule has 1 aliphatic rings. The Bertz CT molecular complexity index is 1360. The molecule has 5 rings (SSSR count). The van der Waals surface area contributed by atoms with E-state index in [2.05, 4.69) is 41.9 Å². The molecule has 0 amide bonds. The van der Waals surface area contributed by atoms with Crippen LogP contribution in [0.2, 0.25) is 0 Å². The molecule has 0 radical (unpaired) electrons. The van der Waals surface area contributed by atoms with Crippen LogP contribution in [0.25, 0.3) is 11.3 Å². The third-order valence-electron chi connectivity index (χ3n) is 6.59.